The third kappa shape index (κ3) is 4.48. The van der Waals surface area contributed by atoms with Crippen LogP contribution in [0.15, 0.2) is 0 Å². The molecule has 0 aromatic rings. The van der Waals surface area contributed by atoms with Gasteiger partial charge in [-0.3, -0.25) is 4.84 Å². The molecule has 5 nitrogen and oxygen atoms in total. The van der Waals surface area contributed by atoms with Crippen LogP contribution in [0, 0.1) is 0 Å². The maximum absolute atomic E-state index is 11.2. The molecule has 1 amide bonds. The number of carbonyl (C=O) groups is 1. The summed E-state index contributed by atoms with van der Waals surface area (Å²) in [5.41, 5.74) is 1.65. The molecule has 2 atom stereocenters. The molecule has 1 fully saturated rings. The zero-order chi connectivity index (χ0) is 11.5. The SMILES string of the molecule is CC(C)(C)OC(=O)NOC1CCCC1O. The molecule has 1 aliphatic carbocycles. The van der Waals surface area contributed by atoms with Crippen molar-refractivity contribution in [1.29, 1.82) is 0 Å². The molecule has 1 rings (SSSR count). The van der Waals surface area contributed by atoms with Crippen LogP contribution < -0.4 is 5.48 Å². The molecule has 0 aromatic heterocycles. The van der Waals surface area contributed by atoms with Gasteiger partial charge in [-0.2, -0.15) is 5.48 Å². The number of aliphatic hydroxyl groups is 1. The first-order valence-corrected chi connectivity index (χ1v) is 5.21. The zero-order valence-electron chi connectivity index (χ0n) is 9.45. The molecule has 0 bridgehead atoms. The Labute approximate surface area is 89.7 Å². The first-order valence-electron chi connectivity index (χ1n) is 5.21. The van der Waals surface area contributed by atoms with Crippen LogP contribution in [0.25, 0.3) is 0 Å². The van der Waals surface area contributed by atoms with Crippen LogP contribution in [0.2, 0.25) is 0 Å². The molecule has 5 heteroatoms. The van der Waals surface area contributed by atoms with Gasteiger partial charge in [-0.25, -0.2) is 4.79 Å². The zero-order valence-corrected chi connectivity index (χ0v) is 9.45. The number of carbonyl (C=O) groups excluding carboxylic acids is 1. The maximum Gasteiger partial charge on any atom is 0.431 e. The smallest absolute Gasteiger partial charge is 0.431 e. The van der Waals surface area contributed by atoms with E-state index in [9.17, 15) is 9.90 Å². The Kier molecular flexibility index (Phi) is 3.93. The topological polar surface area (TPSA) is 67.8 Å². The van der Waals surface area contributed by atoms with Gasteiger partial charge in [-0.1, -0.05) is 0 Å². The Bertz CT molecular complexity index is 224. The van der Waals surface area contributed by atoms with Crippen LogP contribution in [-0.4, -0.2) is 29.0 Å². The minimum Gasteiger partial charge on any atom is -0.442 e. The Balaban J connectivity index is 2.22. The van der Waals surface area contributed by atoms with Crippen LogP contribution >= 0.6 is 0 Å². The summed E-state index contributed by atoms with van der Waals surface area (Å²) in [4.78, 5) is 16.2. The van der Waals surface area contributed by atoms with Gasteiger partial charge < -0.3 is 9.84 Å². The van der Waals surface area contributed by atoms with Crippen LogP contribution in [0.5, 0.6) is 0 Å². The van der Waals surface area contributed by atoms with Crippen molar-refractivity contribution in [3.05, 3.63) is 0 Å². The predicted molar refractivity (Wildman–Crippen MR) is 54.1 cm³/mol. The highest BCUT2D eigenvalue weighted by Gasteiger charge is 2.27. The van der Waals surface area contributed by atoms with Crippen molar-refractivity contribution in [3.63, 3.8) is 0 Å². The number of hydrogen-bond donors (Lipinski definition) is 2. The third-order valence-electron chi connectivity index (χ3n) is 2.11. The van der Waals surface area contributed by atoms with Crippen molar-refractivity contribution in [2.24, 2.45) is 0 Å². The van der Waals surface area contributed by atoms with Gasteiger partial charge in [0.2, 0.25) is 0 Å². The highest BCUT2D eigenvalue weighted by molar-refractivity contribution is 5.66. The van der Waals surface area contributed by atoms with E-state index < -0.39 is 17.8 Å². The molecule has 0 spiro atoms. The normalized spacial score (nSPS) is 26.4. The monoisotopic (exact) mass is 217 g/mol. The second kappa shape index (κ2) is 4.81. The summed E-state index contributed by atoms with van der Waals surface area (Å²) in [5.74, 6) is 0. The molecular weight excluding hydrogens is 198 g/mol. The standard InChI is InChI=1S/C10H19NO4/c1-10(2,3)14-9(13)11-15-8-6-4-5-7(8)12/h7-8,12H,4-6H2,1-3H3,(H,11,13). The fourth-order valence-corrected chi connectivity index (χ4v) is 1.47. The summed E-state index contributed by atoms with van der Waals surface area (Å²) in [5, 5.41) is 9.42. The second-order valence-corrected chi connectivity index (χ2v) is 4.76. The van der Waals surface area contributed by atoms with Gasteiger partial charge in [-0.05, 0) is 40.0 Å². The van der Waals surface area contributed by atoms with Crippen LogP contribution in [0.3, 0.4) is 0 Å². The highest BCUT2D eigenvalue weighted by Crippen LogP contribution is 2.21. The van der Waals surface area contributed by atoms with E-state index in [0.717, 1.165) is 19.3 Å². The summed E-state index contributed by atoms with van der Waals surface area (Å²) < 4.78 is 4.98. The van der Waals surface area contributed by atoms with Crippen molar-refractivity contribution >= 4 is 6.09 Å². The number of hydrogen-bond acceptors (Lipinski definition) is 4. The van der Waals surface area contributed by atoms with E-state index in [1.54, 1.807) is 20.8 Å². The van der Waals surface area contributed by atoms with E-state index in [0.29, 0.717) is 0 Å². The van der Waals surface area contributed by atoms with Gasteiger partial charge >= 0.3 is 6.09 Å². The molecule has 0 radical (unpaired) electrons. The number of aliphatic hydroxyl groups excluding tert-OH is 1. The minimum atomic E-state index is -0.624. The van der Waals surface area contributed by atoms with E-state index in [1.807, 2.05) is 0 Å². The van der Waals surface area contributed by atoms with Gasteiger partial charge in [0.25, 0.3) is 0 Å². The van der Waals surface area contributed by atoms with Crippen molar-refractivity contribution < 1.29 is 19.5 Å². The van der Waals surface area contributed by atoms with Gasteiger partial charge in [0.15, 0.2) is 0 Å². The summed E-state index contributed by atoms with van der Waals surface area (Å²) in [6, 6.07) is 0. The number of rotatable bonds is 2. The van der Waals surface area contributed by atoms with Crippen LogP contribution in [-0.2, 0) is 9.57 Å². The van der Waals surface area contributed by atoms with Crippen LogP contribution in [0.4, 0.5) is 4.79 Å². The van der Waals surface area contributed by atoms with Crippen molar-refractivity contribution in [3.8, 4) is 0 Å². The number of ether oxygens (including phenoxy) is 1. The molecule has 2 N–H and O–H groups in total. The molecule has 1 aliphatic rings. The lowest BCUT2D eigenvalue weighted by molar-refractivity contribution is -0.0759. The summed E-state index contributed by atoms with van der Waals surface area (Å²) in [6.07, 6.45) is 0.985. The maximum atomic E-state index is 11.2. The van der Waals surface area contributed by atoms with E-state index in [-0.39, 0.29) is 6.10 Å². The fourth-order valence-electron chi connectivity index (χ4n) is 1.47. The second-order valence-electron chi connectivity index (χ2n) is 4.76. The number of nitrogens with one attached hydrogen (secondary N) is 1. The van der Waals surface area contributed by atoms with Gasteiger partial charge in [0.1, 0.15) is 11.7 Å². The summed E-state index contributed by atoms with van der Waals surface area (Å²) >= 11 is 0. The largest absolute Gasteiger partial charge is 0.442 e. The Hall–Kier alpha value is -0.810. The first-order chi connectivity index (χ1) is 6.88. The van der Waals surface area contributed by atoms with Gasteiger partial charge in [0.05, 0.1) is 6.10 Å². The molecule has 0 aliphatic heterocycles. The molecule has 2 unspecified atom stereocenters. The van der Waals surface area contributed by atoms with Crippen molar-refractivity contribution in [1.82, 2.24) is 5.48 Å². The van der Waals surface area contributed by atoms with E-state index >= 15 is 0 Å². The lowest BCUT2D eigenvalue weighted by Gasteiger charge is -2.21. The molecule has 1 saturated carbocycles. The number of amides is 1. The minimum absolute atomic E-state index is 0.308. The fraction of sp³-hybridized carbons (Fsp3) is 0.900. The highest BCUT2D eigenvalue weighted by atomic mass is 16.7. The summed E-state index contributed by atoms with van der Waals surface area (Å²) in [7, 11) is 0. The Morgan fingerprint density at radius 2 is 2.07 bits per heavy atom. The van der Waals surface area contributed by atoms with Crippen LogP contribution in [0.1, 0.15) is 40.0 Å². The lowest BCUT2D eigenvalue weighted by atomic mass is 10.2. The average Bonchev–Trinajstić information content (AvgIpc) is 2.44. The number of hydroxylamine groups is 1. The molecular formula is C10H19NO4. The molecule has 0 aromatic carbocycles. The van der Waals surface area contributed by atoms with Crippen molar-refractivity contribution in [2.45, 2.75) is 57.8 Å². The molecule has 15 heavy (non-hydrogen) atoms. The Morgan fingerprint density at radius 3 is 2.53 bits per heavy atom. The average molecular weight is 217 g/mol. The van der Waals surface area contributed by atoms with Gasteiger partial charge in [-0.15, -0.1) is 0 Å². The first kappa shape index (κ1) is 12.3. The predicted octanol–water partition coefficient (Wildman–Crippen LogP) is 1.36. The Morgan fingerprint density at radius 1 is 1.40 bits per heavy atom. The third-order valence-corrected chi connectivity index (χ3v) is 2.11. The molecule has 0 heterocycles. The van der Waals surface area contributed by atoms with E-state index in [1.165, 1.54) is 0 Å². The molecule has 88 valence electrons. The van der Waals surface area contributed by atoms with E-state index in [4.69, 9.17) is 9.57 Å². The lowest BCUT2D eigenvalue weighted by Crippen LogP contribution is -2.37. The molecule has 0 saturated heterocycles. The van der Waals surface area contributed by atoms with Crippen molar-refractivity contribution in [2.75, 3.05) is 0 Å². The van der Waals surface area contributed by atoms with E-state index in [2.05, 4.69) is 5.48 Å². The summed E-state index contributed by atoms with van der Waals surface area (Å²) in [6.45, 7) is 5.32. The quantitative estimate of drug-likeness (QED) is 0.685. The van der Waals surface area contributed by atoms with Gasteiger partial charge in [0, 0.05) is 0 Å².